The standard InChI is InChI=1S/C53H55N3O11S/c1-28-19-34-20-36-51(58)56-37-25-64-52(59)53(35-22-38(60-5)39(21-33(35)17-18-54-53)62-23-31-13-9-7-10-14-31)26-68-50(42-41(37)49-47(65-27-66-49)29(2)46(42)67-30(3)57)44(56)43(55(36)4)40(34)48(45(28)61-6)63-24-32-15-11-8-12-16-32/h7-16,19,21-22,36-37,43-44,50-51,54,58H,17-18,20,23-27H2,1-6H3/t36-,37-,43+,44?,50+,51-,53+/m0/s1. The summed E-state index contributed by atoms with van der Waals surface area (Å²) in [6.07, 6.45) is 0.126. The second-order valence-corrected chi connectivity index (χ2v) is 19.6. The number of fused-ring (bicyclic) bond motifs is 9. The number of nitrogens with zero attached hydrogens (tertiary/aromatic N) is 2. The van der Waals surface area contributed by atoms with E-state index in [0.29, 0.717) is 84.0 Å². The van der Waals surface area contributed by atoms with Gasteiger partial charge in [0.1, 0.15) is 31.8 Å². The molecule has 4 bridgehead atoms. The zero-order chi connectivity index (χ0) is 47.0. The smallest absolute Gasteiger partial charge is 0.331 e. The lowest BCUT2D eigenvalue weighted by Gasteiger charge is -2.62. The first kappa shape index (κ1) is 44.5. The fourth-order valence-electron chi connectivity index (χ4n) is 11.7. The molecule has 15 heteroatoms. The Kier molecular flexibility index (Phi) is 11.5. The quantitative estimate of drug-likeness (QED) is 0.114. The van der Waals surface area contributed by atoms with Crippen molar-refractivity contribution in [3.05, 3.63) is 134 Å². The number of benzene rings is 5. The Morgan fingerprint density at radius 1 is 0.853 bits per heavy atom. The van der Waals surface area contributed by atoms with E-state index in [1.54, 1.807) is 26.0 Å². The Balaban J connectivity index is 1.10. The highest BCUT2D eigenvalue weighted by Gasteiger charge is 2.61. The molecule has 0 saturated carbocycles. The van der Waals surface area contributed by atoms with Crippen LogP contribution in [0.3, 0.4) is 0 Å². The normalized spacial score (nSPS) is 25.6. The van der Waals surface area contributed by atoms with Gasteiger partial charge in [0.15, 0.2) is 40.0 Å². The molecule has 5 aromatic rings. The number of nitrogens with one attached hydrogen (secondary N) is 1. The number of hydrogen-bond donors (Lipinski definition) is 2. The van der Waals surface area contributed by atoms with E-state index in [4.69, 9.17) is 37.9 Å². The van der Waals surface area contributed by atoms with Crippen molar-refractivity contribution in [3.63, 3.8) is 0 Å². The van der Waals surface area contributed by atoms with Gasteiger partial charge < -0.3 is 43.0 Å². The van der Waals surface area contributed by atoms with E-state index in [2.05, 4.69) is 28.2 Å². The number of piperazine rings is 1. The molecule has 1 spiro atoms. The van der Waals surface area contributed by atoms with Crippen LogP contribution < -0.4 is 38.5 Å². The van der Waals surface area contributed by atoms with E-state index >= 15 is 4.79 Å². The molecule has 2 saturated heterocycles. The highest BCUT2D eigenvalue weighted by Crippen LogP contribution is 2.64. The van der Waals surface area contributed by atoms with E-state index in [1.165, 1.54) is 6.92 Å². The number of methoxy groups -OCH3 is 2. The van der Waals surface area contributed by atoms with Gasteiger partial charge in [0, 0.05) is 47.5 Å². The number of rotatable bonds is 9. The third-order valence-corrected chi connectivity index (χ3v) is 16.2. The molecule has 1 unspecified atom stereocenters. The average Bonchev–Trinajstić information content (AvgIpc) is 3.84. The molecule has 354 valence electrons. The Morgan fingerprint density at radius 3 is 2.28 bits per heavy atom. The summed E-state index contributed by atoms with van der Waals surface area (Å²) in [7, 11) is 5.33. The fourth-order valence-corrected chi connectivity index (χ4v) is 13.4. The maximum absolute atomic E-state index is 15.2. The van der Waals surface area contributed by atoms with Gasteiger partial charge in [0.2, 0.25) is 6.79 Å². The number of carbonyl (C=O) groups excluding carboxylic acids is 2. The van der Waals surface area contributed by atoms with Gasteiger partial charge in [0.25, 0.3) is 0 Å². The van der Waals surface area contributed by atoms with Crippen molar-refractivity contribution in [1.82, 2.24) is 15.1 Å². The summed E-state index contributed by atoms with van der Waals surface area (Å²) in [4.78, 5) is 32.9. The second-order valence-electron chi connectivity index (χ2n) is 18.4. The Morgan fingerprint density at radius 2 is 1.57 bits per heavy atom. The fraction of sp³-hybridized carbons (Fsp3) is 0.396. The van der Waals surface area contributed by atoms with Crippen LogP contribution in [0.25, 0.3) is 0 Å². The lowest BCUT2D eigenvalue weighted by molar-refractivity contribution is -0.186. The highest BCUT2D eigenvalue weighted by atomic mass is 32.2. The number of thioether (sulfide) groups is 1. The summed E-state index contributed by atoms with van der Waals surface area (Å²) in [5.41, 5.74) is 7.33. The molecular formula is C53H55N3O11S. The molecule has 2 fully saturated rings. The minimum Gasteiger partial charge on any atom is -0.493 e. The van der Waals surface area contributed by atoms with Gasteiger partial charge in [-0.25, -0.2) is 4.79 Å². The van der Waals surface area contributed by atoms with Crippen molar-refractivity contribution < 1.29 is 52.6 Å². The summed E-state index contributed by atoms with van der Waals surface area (Å²) < 4.78 is 50.9. The van der Waals surface area contributed by atoms with E-state index in [0.717, 1.165) is 44.5 Å². The molecule has 7 atom stereocenters. The van der Waals surface area contributed by atoms with E-state index in [1.807, 2.05) is 86.6 Å². The SMILES string of the molecule is COc1cc2c(cc1OCc1ccccc1)CCN[C@]21CS[C@@H]2c3c(OC(C)=O)c(C)c4c(c3[C@H](COC1=O)N1C2[C@H]2c3c(cc(C)c(OC)c3OCc3ccccc3)C[C@@H]([C@@H]1O)N2C)OCO4. The molecule has 0 aromatic heterocycles. The molecular weight excluding hydrogens is 887 g/mol. The first-order valence-corrected chi connectivity index (χ1v) is 24.2. The van der Waals surface area contributed by atoms with Crippen molar-refractivity contribution >= 4 is 23.7 Å². The van der Waals surface area contributed by atoms with Gasteiger partial charge in [-0.15, -0.1) is 11.8 Å². The third-order valence-electron chi connectivity index (χ3n) is 14.7. The molecule has 2 N–H and O–H groups in total. The minimum atomic E-state index is -1.34. The van der Waals surface area contributed by atoms with Gasteiger partial charge in [-0.05, 0) is 79.3 Å². The van der Waals surface area contributed by atoms with Crippen molar-refractivity contribution in [2.24, 2.45) is 0 Å². The summed E-state index contributed by atoms with van der Waals surface area (Å²) in [6.45, 7) is 6.23. The van der Waals surface area contributed by atoms with E-state index < -0.39 is 47.1 Å². The number of carbonyl (C=O) groups is 2. The van der Waals surface area contributed by atoms with Gasteiger partial charge in [0.05, 0.1) is 37.6 Å². The summed E-state index contributed by atoms with van der Waals surface area (Å²) in [5.74, 6) is 2.91. The number of aryl methyl sites for hydroxylation is 1. The zero-order valence-electron chi connectivity index (χ0n) is 39.0. The van der Waals surface area contributed by atoms with Crippen molar-refractivity contribution in [1.29, 1.82) is 0 Å². The van der Waals surface area contributed by atoms with Crippen LogP contribution in [0.5, 0.6) is 40.2 Å². The number of hydrogen-bond acceptors (Lipinski definition) is 15. The predicted octanol–water partition coefficient (Wildman–Crippen LogP) is 7.16. The maximum atomic E-state index is 15.2. The number of esters is 2. The molecule has 0 aliphatic carbocycles. The molecule has 7 heterocycles. The number of likely N-dealkylation sites (N-methyl/N-ethyl adjacent to an activating group) is 1. The van der Waals surface area contributed by atoms with Crippen LogP contribution in [0.15, 0.2) is 78.9 Å². The Labute approximate surface area is 399 Å². The van der Waals surface area contributed by atoms with E-state index in [9.17, 15) is 9.90 Å². The minimum absolute atomic E-state index is 0.0479. The van der Waals surface area contributed by atoms with Crippen LogP contribution in [0.4, 0.5) is 0 Å². The second kappa shape index (κ2) is 17.5. The lowest BCUT2D eigenvalue weighted by atomic mass is 9.73. The molecule has 7 aliphatic heterocycles. The van der Waals surface area contributed by atoms with Crippen LogP contribution in [0, 0.1) is 13.8 Å². The Bertz CT molecular complexity index is 2810. The van der Waals surface area contributed by atoms with Gasteiger partial charge in [-0.2, -0.15) is 0 Å². The zero-order valence-corrected chi connectivity index (χ0v) is 39.8. The maximum Gasteiger partial charge on any atom is 0.331 e. The molecule has 12 rings (SSSR count). The topological polar surface area (TPSA) is 147 Å². The summed E-state index contributed by atoms with van der Waals surface area (Å²) in [6, 6.07) is 24.0. The predicted molar refractivity (Wildman–Crippen MR) is 253 cm³/mol. The molecule has 14 nitrogen and oxygen atoms in total. The van der Waals surface area contributed by atoms with E-state index in [-0.39, 0.29) is 25.2 Å². The lowest BCUT2D eigenvalue weighted by Crippen LogP contribution is -2.70. The van der Waals surface area contributed by atoms with Gasteiger partial charge in [-0.1, -0.05) is 66.7 Å². The highest BCUT2D eigenvalue weighted by molar-refractivity contribution is 7.99. The molecule has 68 heavy (non-hydrogen) atoms. The van der Waals surface area contributed by atoms with Crippen molar-refractivity contribution in [3.8, 4) is 40.2 Å². The average molecular weight is 942 g/mol. The number of aliphatic hydroxyl groups is 1. The van der Waals surface area contributed by atoms with Crippen LogP contribution in [-0.4, -0.2) is 92.1 Å². The molecule has 0 amide bonds. The Hall–Kier alpha value is -5.97. The van der Waals surface area contributed by atoms with Crippen molar-refractivity contribution in [2.75, 3.05) is 47.0 Å². The monoisotopic (exact) mass is 941 g/mol. The summed E-state index contributed by atoms with van der Waals surface area (Å²) >= 11 is 1.56. The van der Waals surface area contributed by atoms with Gasteiger partial charge >= 0.3 is 11.9 Å². The molecule has 7 aliphatic rings. The first-order chi connectivity index (χ1) is 33.0. The molecule has 0 radical (unpaired) electrons. The molecule has 5 aromatic carbocycles. The van der Waals surface area contributed by atoms with Crippen molar-refractivity contribution in [2.45, 2.75) is 88.0 Å². The number of ether oxygens (including phenoxy) is 8. The third kappa shape index (κ3) is 7.07. The van der Waals surface area contributed by atoms with Crippen LogP contribution >= 0.6 is 11.8 Å². The van der Waals surface area contributed by atoms with Crippen LogP contribution in [0.1, 0.15) is 79.9 Å². The summed E-state index contributed by atoms with van der Waals surface area (Å²) in [5, 5.41) is 16.1. The number of aliphatic hydroxyl groups excluding tert-OH is 1. The first-order valence-electron chi connectivity index (χ1n) is 23.1. The van der Waals surface area contributed by atoms with Crippen LogP contribution in [0.2, 0.25) is 0 Å². The van der Waals surface area contributed by atoms with Gasteiger partial charge in [-0.3, -0.25) is 19.9 Å². The van der Waals surface area contributed by atoms with Crippen LogP contribution in [-0.2, 0) is 45.9 Å². The largest absolute Gasteiger partial charge is 0.493 e.